The summed E-state index contributed by atoms with van der Waals surface area (Å²) in [6.07, 6.45) is 0. The van der Waals surface area contributed by atoms with Crippen molar-refractivity contribution in [3.63, 3.8) is 0 Å². The summed E-state index contributed by atoms with van der Waals surface area (Å²) in [4.78, 5) is 23.5. The minimum absolute atomic E-state index is 0.259. The Morgan fingerprint density at radius 1 is 1.22 bits per heavy atom. The first-order valence-corrected chi connectivity index (χ1v) is 7.21. The van der Waals surface area contributed by atoms with Gasteiger partial charge in [-0.15, -0.1) is 0 Å². The van der Waals surface area contributed by atoms with Crippen molar-refractivity contribution in [2.24, 2.45) is 0 Å². The molecule has 0 atom stereocenters. The van der Waals surface area contributed by atoms with E-state index < -0.39 is 24.3 Å². The number of ether oxygens (including phenoxy) is 1. The number of halogens is 2. The summed E-state index contributed by atoms with van der Waals surface area (Å²) in [5.74, 6) is -2.23. The van der Waals surface area contributed by atoms with Gasteiger partial charge in [-0.05, 0) is 42.5 Å². The number of rotatable bonds is 4. The van der Waals surface area contributed by atoms with Gasteiger partial charge in [0.2, 0.25) is 0 Å². The second-order valence-electron chi connectivity index (χ2n) is 4.44. The summed E-state index contributed by atoms with van der Waals surface area (Å²) in [6.45, 7) is -0.551. The highest BCUT2D eigenvalue weighted by Gasteiger charge is 2.15. The minimum atomic E-state index is -0.932. The Labute approximate surface area is 139 Å². The van der Waals surface area contributed by atoms with Crippen molar-refractivity contribution in [1.82, 2.24) is 0 Å². The van der Waals surface area contributed by atoms with E-state index in [1.54, 1.807) is 24.3 Å². The first-order chi connectivity index (χ1) is 11.0. The van der Waals surface area contributed by atoms with E-state index in [0.717, 1.165) is 6.07 Å². The zero-order chi connectivity index (χ0) is 16.8. The highest BCUT2D eigenvalue weighted by Crippen LogP contribution is 2.16. The summed E-state index contributed by atoms with van der Waals surface area (Å²) < 4.78 is 18.8. The quantitative estimate of drug-likeness (QED) is 0.830. The molecule has 0 fully saturated rings. The van der Waals surface area contributed by atoms with Crippen LogP contribution in [-0.4, -0.2) is 18.5 Å². The van der Waals surface area contributed by atoms with Crippen LogP contribution in [0.15, 0.2) is 46.9 Å². The minimum Gasteiger partial charge on any atom is -0.452 e. The summed E-state index contributed by atoms with van der Waals surface area (Å²) in [7, 11) is 0. The van der Waals surface area contributed by atoms with Gasteiger partial charge in [0.05, 0.1) is 17.2 Å². The van der Waals surface area contributed by atoms with Gasteiger partial charge < -0.3 is 10.1 Å². The molecule has 0 saturated heterocycles. The van der Waals surface area contributed by atoms with Gasteiger partial charge in [0.1, 0.15) is 5.82 Å². The standard InChI is InChI=1S/C16H10BrFN2O3/c17-11-3-6-14(18)13(7-11)16(22)23-9-15(21)20-12-4-1-10(8-19)2-5-12/h1-7H,9H2,(H,20,21). The lowest BCUT2D eigenvalue weighted by molar-refractivity contribution is -0.119. The van der Waals surface area contributed by atoms with Gasteiger partial charge in [0.25, 0.3) is 5.91 Å². The highest BCUT2D eigenvalue weighted by atomic mass is 79.9. The molecule has 0 aliphatic carbocycles. The molecule has 0 heterocycles. The number of hydrogen-bond donors (Lipinski definition) is 1. The lowest BCUT2D eigenvalue weighted by Gasteiger charge is -2.07. The normalized spacial score (nSPS) is 9.78. The maximum absolute atomic E-state index is 13.5. The van der Waals surface area contributed by atoms with E-state index in [1.807, 2.05) is 6.07 Å². The zero-order valence-electron chi connectivity index (χ0n) is 11.7. The van der Waals surface area contributed by atoms with Crippen LogP contribution in [0.5, 0.6) is 0 Å². The van der Waals surface area contributed by atoms with Crippen molar-refractivity contribution in [3.05, 3.63) is 63.9 Å². The second-order valence-corrected chi connectivity index (χ2v) is 5.35. The molecule has 0 radical (unpaired) electrons. The smallest absolute Gasteiger partial charge is 0.341 e. The van der Waals surface area contributed by atoms with Crippen LogP contribution >= 0.6 is 15.9 Å². The molecule has 7 heteroatoms. The van der Waals surface area contributed by atoms with E-state index in [-0.39, 0.29) is 5.56 Å². The van der Waals surface area contributed by atoms with E-state index >= 15 is 0 Å². The summed E-state index contributed by atoms with van der Waals surface area (Å²) in [6, 6.07) is 12.0. The van der Waals surface area contributed by atoms with Crippen LogP contribution in [0.25, 0.3) is 0 Å². The Hall–Kier alpha value is -2.72. The Morgan fingerprint density at radius 3 is 2.57 bits per heavy atom. The third-order valence-corrected chi connectivity index (χ3v) is 3.27. The average Bonchev–Trinajstić information content (AvgIpc) is 2.55. The van der Waals surface area contributed by atoms with Crippen molar-refractivity contribution in [3.8, 4) is 6.07 Å². The highest BCUT2D eigenvalue weighted by molar-refractivity contribution is 9.10. The maximum atomic E-state index is 13.5. The summed E-state index contributed by atoms with van der Waals surface area (Å²) in [5.41, 5.74) is 0.656. The summed E-state index contributed by atoms with van der Waals surface area (Å²) in [5, 5.41) is 11.2. The SMILES string of the molecule is N#Cc1ccc(NC(=O)COC(=O)c2cc(Br)ccc2F)cc1. The number of nitriles is 1. The molecule has 1 amide bonds. The molecule has 0 spiro atoms. The van der Waals surface area contributed by atoms with Crippen LogP contribution in [0.1, 0.15) is 15.9 Å². The first kappa shape index (κ1) is 16.6. The molecule has 0 saturated carbocycles. The van der Waals surface area contributed by atoms with Gasteiger partial charge in [0.15, 0.2) is 6.61 Å². The molecule has 2 rings (SSSR count). The molecule has 116 valence electrons. The van der Waals surface area contributed by atoms with E-state index in [2.05, 4.69) is 21.2 Å². The van der Waals surface area contributed by atoms with Crippen LogP contribution in [0.3, 0.4) is 0 Å². The zero-order valence-corrected chi connectivity index (χ0v) is 13.3. The molecule has 2 aromatic carbocycles. The van der Waals surface area contributed by atoms with Crippen LogP contribution in [0, 0.1) is 17.1 Å². The number of carbonyl (C=O) groups excluding carboxylic acids is 2. The Morgan fingerprint density at radius 2 is 1.91 bits per heavy atom. The van der Waals surface area contributed by atoms with Crippen LogP contribution in [0.4, 0.5) is 10.1 Å². The lowest BCUT2D eigenvalue weighted by atomic mass is 10.2. The molecule has 2 aromatic rings. The van der Waals surface area contributed by atoms with Gasteiger partial charge in [0, 0.05) is 10.2 Å². The van der Waals surface area contributed by atoms with Crippen molar-refractivity contribution in [1.29, 1.82) is 5.26 Å². The average molecular weight is 377 g/mol. The predicted octanol–water partition coefficient (Wildman–Crippen LogP) is 3.26. The van der Waals surface area contributed by atoms with Crippen LogP contribution < -0.4 is 5.32 Å². The van der Waals surface area contributed by atoms with Crippen LogP contribution in [-0.2, 0) is 9.53 Å². The van der Waals surface area contributed by atoms with Crippen LogP contribution in [0.2, 0.25) is 0 Å². The van der Waals surface area contributed by atoms with E-state index in [0.29, 0.717) is 15.7 Å². The molecule has 0 aromatic heterocycles. The predicted molar refractivity (Wildman–Crippen MR) is 84.2 cm³/mol. The van der Waals surface area contributed by atoms with Gasteiger partial charge in [-0.25, -0.2) is 9.18 Å². The van der Waals surface area contributed by atoms with E-state index in [4.69, 9.17) is 10.00 Å². The largest absolute Gasteiger partial charge is 0.452 e. The molecule has 0 aliphatic heterocycles. The number of hydrogen-bond acceptors (Lipinski definition) is 4. The van der Waals surface area contributed by atoms with Gasteiger partial charge in [-0.1, -0.05) is 15.9 Å². The topological polar surface area (TPSA) is 79.2 Å². The number of carbonyl (C=O) groups is 2. The van der Waals surface area contributed by atoms with Crippen molar-refractivity contribution in [2.45, 2.75) is 0 Å². The fraction of sp³-hybridized carbons (Fsp3) is 0.0625. The van der Waals surface area contributed by atoms with Crippen molar-refractivity contribution in [2.75, 3.05) is 11.9 Å². The molecular weight excluding hydrogens is 367 g/mol. The third kappa shape index (κ3) is 4.63. The second kappa shape index (κ2) is 7.51. The fourth-order valence-corrected chi connectivity index (χ4v) is 2.05. The van der Waals surface area contributed by atoms with Gasteiger partial charge in [-0.3, -0.25) is 4.79 Å². The van der Waals surface area contributed by atoms with Crippen molar-refractivity contribution >= 4 is 33.5 Å². The van der Waals surface area contributed by atoms with E-state index in [1.165, 1.54) is 12.1 Å². The van der Waals surface area contributed by atoms with E-state index in [9.17, 15) is 14.0 Å². The number of nitrogens with one attached hydrogen (secondary N) is 1. The number of anilines is 1. The summed E-state index contributed by atoms with van der Waals surface area (Å²) >= 11 is 3.12. The number of esters is 1. The van der Waals surface area contributed by atoms with Gasteiger partial charge >= 0.3 is 5.97 Å². The lowest BCUT2D eigenvalue weighted by Crippen LogP contribution is -2.21. The molecule has 0 aliphatic rings. The third-order valence-electron chi connectivity index (χ3n) is 2.78. The Kier molecular flexibility index (Phi) is 5.44. The first-order valence-electron chi connectivity index (χ1n) is 6.42. The monoisotopic (exact) mass is 376 g/mol. The number of nitrogens with zero attached hydrogens (tertiary/aromatic N) is 1. The maximum Gasteiger partial charge on any atom is 0.341 e. The molecule has 0 unspecified atom stereocenters. The molecule has 23 heavy (non-hydrogen) atoms. The number of amides is 1. The van der Waals surface area contributed by atoms with Crippen molar-refractivity contribution < 1.29 is 18.7 Å². The molecule has 5 nitrogen and oxygen atoms in total. The number of benzene rings is 2. The Bertz CT molecular complexity index is 785. The van der Waals surface area contributed by atoms with Gasteiger partial charge in [-0.2, -0.15) is 5.26 Å². The molecular formula is C16H10BrFN2O3. The fourth-order valence-electron chi connectivity index (χ4n) is 1.69. The molecule has 0 bridgehead atoms. The molecule has 1 N–H and O–H groups in total. The Balaban J connectivity index is 1.92.